The Balaban J connectivity index is 2.80. The fourth-order valence-corrected chi connectivity index (χ4v) is 1.07. The van der Waals surface area contributed by atoms with Gasteiger partial charge in [0.1, 0.15) is 5.76 Å². The highest BCUT2D eigenvalue weighted by Crippen LogP contribution is 2.20. The third-order valence-electron chi connectivity index (χ3n) is 2.19. The van der Waals surface area contributed by atoms with E-state index < -0.39 is 0 Å². The van der Waals surface area contributed by atoms with Crippen LogP contribution in [-0.4, -0.2) is 12.3 Å². The Kier molecular flexibility index (Phi) is 3.25. The summed E-state index contributed by atoms with van der Waals surface area (Å²) >= 11 is 0. The molecule has 0 saturated heterocycles. The zero-order valence-electron chi connectivity index (χ0n) is 8.04. The number of hydrogen-bond donors (Lipinski definition) is 1. The molecule has 3 nitrogen and oxygen atoms in total. The second-order valence-corrected chi connectivity index (χ2v) is 3.14. The van der Waals surface area contributed by atoms with E-state index in [-0.39, 0.29) is 12.3 Å². The maximum Gasteiger partial charge on any atom is 0.211 e. The van der Waals surface area contributed by atoms with Gasteiger partial charge in [-0.3, -0.25) is 4.79 Å². The molecule has 1 rings (SSSR count). The molecule has 1 aromatic heterocycles. The Hall–Kier alpha value is -1.09. The van der Waals surface area contributed by atoms with Gasteiger partial charge < -0.3 is 10.2 Å². The van der Waals surface area contributed by atoms with Crippen LogP contribution >= 0.6 is 0 Å². The summed E-state index contributed by atoms with van der Waals surface area (Å²) in [6, 6.07) is 3.54. The Morgan fingerprint density at radius 3 is 2.85 bits per heavy atom. The molecule has 0 fully saturated rings. The van der Waals surface area contributed by atoms with Crippen molar-refractivity contribution < 1.29 is 9.21 Å². The quantitative estimate of drug-likeness (QED) is 0.722. The minimum atomic E-state index is -0.144. The van der Waals surface area contributed by atoms with Crippen LogP contribution in [-0.2, 0) is 0 Å². The molecule has 0 amide bonds. The van der Waals surface area contributed by atoms with Gasteiger partial charge in [0.2, 0.25) is 5.78 Å². The van der Waals surface area contributed by atoms with Crippen molar-refractivity contribution in [2.75, 3.05) is 6.54 Å². The van der Waals surface area contributed by atoms with Gasteiger partial charge in [0, 0.05) is 5.92 Å². The van der Waals surface area contributed by atoms with E-state index in [2.05, 4.69) is 13.8 Å². The molecule has 1 atom stereocenters. The Morgan fingerprint density at radius 2 is 2.31 bits per heavy atom. The number of hydrogen-bond acceptors (Lipinski definition) is 3. The second-order valence-electron chi connectivity index (χ2n) is 3.14. The van der Waals surface area contributed by atoms with E-state index in [1.54, 1.807) is 6.07 Å². The van der Waals surface area contributed by atoms with Crippen LogP contribution in [0.25, 0.3) is 0 Å². The first-order chi connectivity index (χ1) is 6.19. The van der Waals surface area contributed by atoms with Gasteiger partial charge in [-0.25, -0.2) is 0 Å². The Bertz CT molecular complexity index is 291. The van der Waals surface area contributed by atoms with Crippen molar-refractivity contribution in [2.45, 2.75) is 26.2 Å². The van der Waals surface area contributed by atoms with E-state index in [0.717, 1.165) is 12.2 Å². The van der Waals surface area contributed by atoms with Crippen molar-refractivity contribution in [3.63, 3.8) is 0 Å². The molecule has 0 aliphatic carbocycles. The van der Waals surface area contributed by atoms with Gasteiger partial charge in [-0.1, -0.05) is 13.8 Å². The molecule has 1 heterocycles. The molecular weight excluding hydrogens is 166 g/mol. The third kappa shape index (κ3) is 2.18. The van der Waals surface area contributed by atoms with Gasteiger partial charge in [0.05, 0.1) is 6.54 Å². The smallest absolute Gasteiger partial charge is 0.211 e. The van der Waals surface area contributed by atoms with Gasteiger partial charge in [-0.2, -0.15) is 0 Å². The van der Waals surface area contributed by atoms with E-state index >= 15 is 0 Å². The lowest BCUT2D eigenvalue weighted by atomic mass is 10.1. The summed E-state index contributed by atoms with van der Waals surface area (Å²) in [5, 5.41) is 0. The van der Waals surface area contributed by atoms with Gasteiger partial charge in [0.15, 0.2) is 5.76 Å². The summed E-state index contributed by atoms with van der Waals surface area (Å²) in [6.07, 6.45) is 1.00. The van der Waals surface area contributed by atoms with E-state index in [9.17, 15) is 4.79 Å². The highest BCUT2D eigenvalue weighted by atomic mass is 16.3. The molecule has 0 spiro atoms. The molecular formula is C10H15NO2. The summed E-state index contributed by atoms with van der Waals surface area (Å²) in [5.74, 6) is 1.45. The largest absolute Gasteiger partial charge is 0.458 e. The fraction of sp³-hybridized carbons (Fsp3) is 0.500. The number of carbonyl (C=O) groups excluding carboxylic acids is 1. The van der Waals surface area contributed by atoms with Gasteiger partial charge in [-0.15, -0.1) is 0 Å². The molecule has 0 bridgehead atoms. The van der Waals surface area contributed by atoms with Crippen LogP contribution in [0.2, 0.25) is 0 Å². The van der Waals surface area contributed by atoms with Gasteiger partial charge in [0.25, 0.3) is 0 Å². The maximum absolute atomic E-state index is 11.1. The molecule has 0 radical (unpaired) electrons. The predicted octanol–water partition coefficient (Wildman–Crippen LogP) is 1.93. The second kappa shape index (κ2) is 4.23. The van der Waals surface area contributed by atoms with Crippen LogP contribution in [0, 0.1) is 0 Å². The molecule has 13 heavy (non-hydrogen) atoms. The molecule has 1 unspecified atom stereocenters. The number of carbonyl (C=O) groups is 1. The first-order valence-corrected chi connectivity index (χ1v) is 4.52. The van der Waals surface area contributed by atoms with Crippen LogP contribution in [0.4, 0.5) is 0 Å². The van der Waals surface area contributed by atoms with E-state index in [1.807, 2.05) is 6.07 Å². The van der Waals surface area contributed by atoms with Crippen molar-refractivity contribution in [3.8, 4) is 0 Å². The van der Waals surface area contributed by atoms with E-state index in [1.165, 1.54) is 0 Å². The summed E-state index contributed by atoms with van der Waals surface area (Å²) < 4.78 is 5.36. The van der Waals surface area contributed by atoms with Crippen molar-refractivity contribution in [3.05, 3.63) is 23.7 Å². The van der Waals surface area contributed by atoms with Crippen LogP contribution < -0.4 is 5.73 Å². The fourth-order valence-electron chi connectivity index (χ4n) is 1.07. The van der Waals surface area contributed by atoms with Crippen LogP contribution in [0.15, 0.2) is 16.5 Å². The normalized spacial score (nSPS) is 12.8. The SMILES string of the molecule is CCC(C)c1ccc(C(=O)CN)o1. The lowest BCUT2D eigenvalue weighted by Gasteiger charge is -2.02. The molecule has 2 N–H and O–H groups in total. The van der Waals surface area contributed by atoms with Crippen molar-refractivity contribution in [2.24, 2.45) is 5.73 Å². The molecule has 0 aliphatic rings. The van der Waals surface area contributed by atoms with E-state index in [4.69, 9.17) is 10.2 Å². The summed E-state index contributed by atoms with van der Waals surface area (Å²) in [6.45, 7) is 4.15. The summed E-state index contributed by atoms with van der Waals surface area (Å²) in [4.78, 5) is 11.1. The average Bonchev–Trinajstić information content (AvgIpc) is 2.64. The minimum absolute atomic E-state index is 0.00740. The van der Waals surface area contributed by atoms with Gasteiger partial charge >= 0.3 is 0 Å². The topological polar surface area (TPSA) is 56.2 Å². The maximum atomic E-state index is 11.1. The zero-order valence-corrected chi connectivity index (χ0v) is 8.04. The van der Waals surface area contributed by atoms with Crippen LogP contribution in [0.1, 0.15) is 42.5 Å². The van der Waals surface area contributed by atoms with E-state index in [0.29, 0.717) is 11.7 Å². The first kappa shape index (κ1) is 9.99. The third-order valence-corrected chi connectivity index (χ3v) is 2.19. The number of rotatable bonds is 4. The average molecular weight is 181 g/mol. The lowest BCUT2D eigenvalue weighted by molar-refractivity contribution is 0.0973. The first-order valence-electron chi connectivity index (χ1n) is 4.52. The molecule has 72 valence electrons. The number of nitrogens with two attached hydrogens (primary N) is 1. The van der Waals surface area contributed by atoms with Crippen molar-refractivity contribution in [1.29, 1.82) is 0 Å². The molecule has 0 aromatic carbocycles. The molecule has 0 saturated carbocycles. The number of Topliss-reactive ketones (excluding diaryl/α,β-unsaturated/α-hetero) is 1. The monoisotopic (exact) mass is 181 g/mol. The standard InChI is InChI=1S/C10H15NO2/c1-3-7(2)9-4-5-10(13-9)8(12)6-11/h4-5,7H,3,6,11H2,1-2H3. The number of furan rings is 1. The summed E-state index contributed by atoms with van der Waals surface area (Å²) in [7, 11) is 0. The van der Waals surface area contributed by atoms with Crippen molar-refractivity contribution in [1.82, 2.24) is 0 Å². The van der Waals surface area contributed by atoms with Crippen molar-refractivity contribution >= 4 is 5.78 Å². The zero-order chi connectivity index (χ0) is 9.84. The Labute approximate surface area is 77.9 Å². The summed E-state index contributed by atoms with van der Waals surface area (Å²) in [5.41, 5.74) is 5.21. The number of ketones is 1. The highest BCUT2D eigenvalue weighted by molar-refractivity contribution is 5.94. The van der Waals surface area contributed by atoms with Crippen LogP contribution in [0.5, 0.6) is 0 Å². The highest BCUT2D eigenvalue weighted by Gasteiger charge is 2.12. The van der Waals surface area contributed by atoms with Gasteiger partial charge in [-0.05, 0) is 18.6 Å². The minimum Gasteiger partial charge on any atom is -0.458 e. The molecule has 1 aromatic rings. The molecule has 0 aliphatic heterocycles. The predicted molar refractivity (Wildman–Crippen MR) is 50.8 cm³/mol. The lowest BCUT2D eigenvalue weighted by Crippen LogP contribution is -2.12. The Morgan fingerprint density at radius 1 is 1.62 bits per heavy atom. The van der Waals surface area contributed by atoms with Crippen LogP contribution in [0.3, 0.4) is 0 Å². The molecule has 3 heteroatoms.